The van der Waals surface area contributed by atoms with Crippen LogP contribution in [0, 0.1) is 5.92 Å². The van der Waals surface area contributed by atoms with Gasteiger partial charge in [0.25, 0.3) is 0 Å². The zero-order chi connectivity index (χ0) is 23.7. The number of carbonyl (C=O) groups is 2. The van der Waals surface area contributed by atoms with Gasteiger partial charge < -0.3 is 19.5 Å². The van der Waals surface area contributed by atoms with E-state index in [2.05, 4.69) is 20.1 Å². The van der Waals surface area contributed by atoms with Gasteiger partial charge in [-0.15, -0.1) is 10.2 Å². The van der Waals surface area contributed by atoms with Gasteiger partial charge in [0.1, 0.15) is 11.6 Å². The summed E-state index contributed by atoms with van der Waals surface area (Å²) in [7, 11) is 1.54. The molecule has 176 valence electrons. The quantitative estimate of drug-likeness (QED) is 0.588. The van der Waals surface area contributed by atoms with E-state index in [0.717, 1.165) is 43.0 Å². The van der Waals surface area contributed by atoms with Crippen molar-refractivity contribution in [1.82, 2.24) is 14.8 Å². The molecule has 9 heteroatoms. The molecule has 1 aromatic heterocycles. The smallest absolute Gasteiger partial charge is 0.229 e. The number of hydrogen-bond acceptors (Lipinski definition) is 5. The number of rotatable bonds is 5. The number of nitrogens with one attached hydrogen (secondary N) is 1. The molecule has 1 N–H and O–H groups in total. The number of halogens is 1. The lowest BCUT2D eigenvalue weighted by molar-refractivity contribution is -0.122. The van der Waals surface area contributed by atoms with Gasteiger partial charge >= 0.3 is 0 Å². The van der Waals surface area contributed by atoms with Gasteiger partial charge in [0.05, 0.1) is 18.7 Å². The van der Waals surface area contributed by atoms with Gasteiger partial charge in [0, 0.05) is 42.2 Å². The average Bonchev–Trinajstić information content (AvgIpc) is 3.34. The molecule has 2 aliphatic rings. The van der Waals surface area contributed by atoms with Crippen LogP contribution in [0.5, 0.6) is 5.75 Å². The number of ether oxygens (including phenoxy) is 1. The summed E-state index contributed by atoms with van der Waals surface area (Å²) in [4.78, 5) is 27.3. The Morgan fingerprint density at radius 1 is 1.15 bits per heavy atom. The maximum atomic E-state index is 13.1. The Bertz CT molecular complexity index is 1240. The molecule has 0 bridgehead atoms. The lowest BCUT2D eigenvalue weighted by Crippen LogP contribution is -2.28. The van der Waals surface area contributed by atoms with E-state index in [9.17, 15) is 9.59 Å². The summed E-state index contributed by atoms with van der Waals surface area (Å²) >= 11 is 6.13. The van der Waals surface area contributed by atoms with Crippen LogP contribution < -0.4 is 15.0 Å². The number of amides is 2. The molecule has 0 aliphatic carbocycles. The van der Waals surface area contributed by atoms with Crippen molar-refractivity contribution in [1.29, 1.82) is 0 Å². The van der Waals surface area contributed by atoms with E-state index in [1.54, 1.807) is 30.2 Å². The van der Waals surface area contributed by atoms with Crippen LogP contribution in [0.2, 0.25) is 5.02 Å². The van der Waals surface area contributed by atoms with Crippen LogP contribution in [-0.4, -0.2) is 40.2 Å². The second kappa shape index (κ2) is 9.46. The van der Waals surface area contributed by atoms with Crippen molar-refractivity contribution >= 4 is 34.8 Å². The highest BCUT2D eigenvalue weighted by Crippen LogP contribution is 2.35. The molecule has 3 aromatic rings. The number of methoxy groups -OCH3 is 1. The highest BCUT2D eigenvalue weighted by molar-refractivity contribution is 6.31. The van der Waals surface area contributed by atoms with Gasteiger partial charge in [-0.1, -0.05) is 30.2 Å². The van der Waals surface area contributed by atoms with Crippen molar-refractivity contribution in [3.8, 4) is 17.1 Å². The molecule has 1 saturated heterocycles. The van der Waals surface area contributed by atoms with Gasteiger partial charge in [-0.25, -0.2) is 0 Å². The number of hydrogen-bond donors (Lipinski definition) is 1. The minimum Gasteiger partial charge on any atom is -0.495 e. The second-order valence-corrected chi connectivity index (χ2v) is 9.13. The van der Waals surface area contributed by atoms with Crippen molar-refractivity contribution in [3.63, 3.8) is 0 Å². The van der Waals surface area contributed by atoms with Crippen LogP contribution in [0.15, 0.2) is 42.5 Å². The molecule has 2 aromatic carbocycles. The average molecular weight is 480 g/mol. The first-order valence-corrected chi connectivity index (χ1v) is 11.9. The zero-order valence-electron chi connectivity index (χ0n) is 19.0. The number of aryl methyl sites for hydroxylation is 1. The zero-order valence-corrected chi connectivity index (χ0v) is 19.7. The third-order valence-electron chi connectivity index (χ3n) is 6.43. The van der Waals surface area contributed by atoms with Crippen molar-refractivity contribution in [2.45, 2.75) is 38.6 Å². The van der Waals surface area contributed by atoms with Crippen molar-refractivity contribution in [3.05, 3.63) is 53.3 Å². The van der Waals surface area contributed by atoms with Crippen LogP contribution >= 0.6 is 11.6 Å². The molecule has 2 aliphatic heterocycles. The molecule has 2 amide bonds. The van der Waals surface area contributed by atoms with Gasteiger partial charge in [-0.05, 0) is 43.2 Å². The molecule has 1 fully saturated rings. The topological polar surface area (TPSA) is 89.3 Å². The summed E-state index contributed by atoms with van der Waals surface area (Å²) in [6.07, 6.45) is 4.49. The standard InChI is InChI=1S/C25H26ClN5O3/c1-34-21-10-9-18(26)14-20(21)31-15-17(13-23(31)32)25(33)27-19-7-5-6-16(12-19)24-29-28-22-8-3-2-4-11-30(22)24/h5-7,9-10,12,14,17H,2-4,8,11,13,15H2,1H3,(H,27,33). The highest BCUT2D eigenvalue weighted by Gasteiger charge is 2.36. The predicted molar refractivity (Wildman–Crippen MR) is 130 cm³/mol. The first-order valence-electron chi connectivity index (χ1n) is 11.5. The molecule has 0 saturated carbocycles. The summed E-state index contributed by atoms with van der Waals surface area (Å²) in [5.41, 5.74) is 2.15. The third kappa shape index (κ3) is 4.37. The van der Waals surface area contributed by atoms with Crippen LogP contribution in [0.1, 0.15) is 31.5 Å². The fraction of sp³-hybridized carbons (Fsp3) is 0.360. The Morgan fingerprint density at radius 3 is 2.88 bits per heavy atom. The number of aromatic nitrogens is 3. The van der Waals surface area contributed by atoms with E-state index in [0.29, 0.717) is 22.1 Å². The fourth-order valence-electron chi connectivity index (χ4n) is 4.67. The monoisotopic (exact) mass is 479 g/mol. The molecule has 3 heterocycles. The Labute approximate surface area is 202 Å². The van der Waals surface area contributed by atoms with Gasteiger partial charge in [0.15, 0.2) is 5.82 Å². The molecule has 0 radical (unpaired) electrons. The summed E-state index contributed by atoms with van der Waals surface area (Å²) in [5.74, 6) is 1.56. The summed E-state index contributed by atoms with van der Waals surface area (Å²) in [6.45, 7) is 1.17. The Morgan fingerprint density at radius 2 is 2.03 bits per heavy atom. The van der Waals surface area contributed by atoms with Crippen LogP contribution in [0.4, 0.5) is 11.4 Å². The number of benzene rings is 2. The molecule has 1 unspecified atom stereocenters. The normalized spacial score (nSPS) is 17.9. The largest absolute Gasteiger partial charge is 0.495 e. The first kappa shape index (κ1) is 22.4. The van der Waals surface area contributed by atoms with E-state index >= 15 is 0 Å². The van der Waals surface area contributed by atoms with E-state index in [1.165, 1.54) is 6.42 Å². The van der Waals surface area contributed by atoms with Gasteiger partial charge in [-0.2, -0.15) is 0 Å². The maximum Gasteiger partial charge on any atom is 0.229 e. The molecule has 8 nitrogen and oxygen atoms in total. The Balaban J connectivity index is 1.32. The molecule has 5 rings (SSSR count). The van der Waals surface area contributed by atoms with E-state index in [4.69, 9.17) is 16.3 Å². The SMILES string of the molecule is COc1ccc(Cl)cc1N1CC(C(=O)Nc2cccc(-c3nnc4n3CCCCC4)c2)CC1=O. The predicted octanol–water partition coefficient (Wildman–Crippen LogP) is 4.33. The lowest BCUT2D eigenvalue weighted by Gasteiger charge is -2.20. The summed E-state index contributed by atoms with van der Waals surface area (Å²) in [5, 5.41) is 12.3. The van der Waals surface area contributed by atoms with Gasteiger partial charge in [-0.3, -0.25) is 9.59 Å². The number of carbonyl (C=O) groups excluding carboxylic acids is 2. The first-order chi connectivity index (χ1) is 16.5. The number of fused-ring (bicyclic) bond motifs is 1. The molecular weight excluding hydrogens is 454 g/mol. The van der Waals surface area contributed by atoms with Crippen LogP contribution in [0.3, 0.4) is 0 Å². The number of anilines is 2. The molecule has 34 heavy (non-hydrogen) atoms. The second-order valence-electron chi connectivity index (χ2n) is 8.69. The number of nitrogens with zero attached hydrogens (tertiary/aromatic N) is 4. The summed E-state index contributed by atoms with van der Waals surface area (Å²) < 4.78 is 7.56. The van der Waals surface area contributed by atoms with Crippen LogP contribution in [-0.2, 0) is 22.6 Å². The van der Waals surface area contributed by atoms with E-state index in [-0.39, 0.29) is 24.8 Å². The molecular formula is C25H26ClN5O3. The van der Waals surface area contributed by atoms with E-state index in [1.807, 2.05) is 24.3 Å². The fourth-order valence-corrected chi connectivity index (χ4v) is 4.84. The minimum atomic E-state index is -0.482. The van der Waals surface area contributed by atoms with E-state index < -0.39 is 5.92 Å². The Hall–Kier alpha value is -3.39. The highest BCUT2D eigenvalue weighted by atomic mass is 35.5. The third-order valence-corrected chi connectivity index (χ3v) is 6.66. The van der Waals surface area contributed by atoms with Gasteiger partial charge in [0.2, 0.25) is 11.8 Å². The van der Waals surface area contributed by atoms with Crippen molar-refractivity contribution < 1.29 is 14.3 Å². The minimum absolute atomic E-state index is 0.124. The van der Waals surface area contributed by atoms with Crippen molar-refractivity contribution in [2.75, 3.05) is 23.9 Å². The lowest BCUT2D eigenvalue weighted by atomic mass is 10.1. The van der Waals surface area contributed by atoms with Crippen molar-refractivity contribution in [2.24, 2.45) is 5.92 Å². The molecule has 1 atom stereocenters. The maximum absolute atomic E-state index is 13.1. The summed E-state index contributed by atoms with van der Waals surface area (Å²) in [6, 6.07) is 12.7. The van der Waals surface area contributed by atoms with Crippen LogP contribution in [0.25, 0.3) is 11.4 Å². The Kier molecular flexibility index (Phi) is 6.24. The molecule has 0 spiro atoms.